The van der Waals surface area contributed by atoms with Crippen molar-refractivity contribution in [1.82, 2.24) is 0 Å². The second-order valence-corrected chi connectivity index (χ2v) is 2.75. The molecule has 0 spiro atoms. The Hall–Kier alpha value is -0.560. The van der Waals surface area contributed by atoms with E-state index in [-0.39, 0.29) is 6.10 Å². The SMILES string of the molecule is CC(C)/C=C/C=C/C(C)O. The van der Waals surface area contributed by atoms with Crippen LogP contribution in [0.1, 0.15) is 20.8 Å². The van der Waals surface area contributed by atoms with Gasteiger partial charge in [0.05, 0.1) is 6.10 Å². The molecule has 1 atom stereocenters. The second kappa shape index (κ2) is 5.24. The molecular weight excluding hydrogens is 124 g/mol. The van der Waals surface area contributed by atoms with Crippen LogP contribution >= 0.6 is 0 Å². The summed E-state index contributed by atoms with van der Waals surface area (Å²) in [6, 6.07) is 0. The minimum absolute atomic E-state index is 0.336. The van der Waals surface area contributed by atoms with Gasteiger partial charge in [-0.3, -0.25) is 0 Å². The lowest BCUT2D eigenvalue weighted by atomic mass is 10.2. The molecule has 1 N–H and O–H groups in total. The Kier molecular flexibility index (Phi) is 4.95. The third-order valence-corrected chi connectivity index (χ3v) is 0.997. The molecule has 1 nitrogen and oxygen atoms in total. The number of aliphatic hydroxyl groups excluding tert-OH is 1. The zero-order valence-electron chi connectivity index (χ0n) is 6.91. The van der Waals surface area contributed by atoms with E-state index in [4.69, 9.17) is 5.11 Å². The fourth-order valence-electron chi connectivity index (χ4n) is 0.511. The molecule has 0 amide bonds. The van der Waals surface area contributed by atoms with Gasteiger partial charge < -0.3 is 5.11 Å². The molecule has 1 heteroatoms. The van der Waals surface area contributed by atoms with Gasteiger partial charge in [0.2, 0.25) is 0 Å². The molecule has 0 saturated heterocycles. The number of aliphatic hydroxyl groups is 1. The van der Waals surface area contributed by atoms with E-state index in [1.54, 1.807) is 13.0 Å². The highest BCUT2D eigenvalue weighted by atomic mass is 16.3. The molecule has 0 radical (unpaired) electrons. The number of rotatable bonds is 3. The quantitative estimate of drug-likeness (QED) is 0.595. The first-order valence-electron chi connectivity index (χ1n) is 3.66. The van der Waals surface area contributed by atoms with Crippen LogP contribution in [0.15, 0.2) is 24.3 Å². The molecule has 0 aromatic carbocycles. The average Bonchev–Trinajstić information content (AvgIpc) is 1.79. The smallest absolute Gasteiger partial charge is 0.0695 e. The third-order valence-electron chi connectivity index (χ3n) is 0.997. The molecule has 58 valence electrons. The fraction of sp³-hybridized carbons (Fsp3) is 0.556. The zero-order valence-corrected chi connectivity index (χ0v) is 6.91. The van der Waals surface area contributed by atoms with Crippen molar-refractivity contribution < 1.29 is 5.11 Å². The highest BCUT2D eigenvalue weighted by Gasteiger charge is 1.82. The van der Waals surface area contributed by atoms with Crippen LogP contribution in [0.5, 0.6) is 0 Å². The molecular formula is C9H16O. The Balaban J connectivity index is 3.52. The summed E-state index contributed by atoms with van der Waals surface area (Å²) < 4.78 is 0. The van der Waals surface area contributed by atoms with Gasteiger partial charge in [-0.1, -0.05) is 38.2 Å². The Bertz CT molecular complexity index is 105. The van der Waals surface area contributed by atoms with E-state index in [2.05, 4.69) is 19.9 Å². The lowest BCUT2D eigenvalue weighted by molar-refractivity contribution is 0.244. The monoisotopic (exact) mass is 140 g/mol. The highest BCUT2D eigenvalue weighted by molar-refractivity contribution is 5.04. The molecule has 0 aromatic heterocycles. The minimum Gasteiger partial charge on any atom is -0.389 e. The summed E-state index contributed by atoms with van der Waals surface area (Å²) in [5.74, 6) is 0.582. The fourth-order valence-corrected chi connectivity index (χ4v) is 0.511. The normalized spacial score (nSPS) is 15.7. The summed E-state index contributed by atoms with van der Waals surface area (Å²) in [6.07, 6.45) is 7.32. The van der Waals surface area contributed by atoms with Gasteiger partial charge in [-0.25, -0.2) is 0 Å². The van der Waals surface area contributed by atoms with Crippen LogP contribution in [0.4, 0.5) is 0 Å². The van der Waals surface area contributed by atoms with Gasteiger partial charge in [-0.05, 0) is 12.8 Å². The van der Waals surface area contributed by atoms with Crippen molar-refractivity contribution in [2.75, 3.05) is 0 Å². The van der Waals surface area contributed by atoms with E-state index in [1.165, 1.54) is 0 Å². The molecule has 1 unspecified atom stereocenters. The van der Waals surface area contributed by atoms with Crippen molar-refractivity contribution in [3.63, 3.8) is 0 Å². The lowest BCUT2D eigenvalue weighted by Gasteiger charge is -1.91. The number of hydrogen-bond acceptors (Lipinski definition) is 1. The first kappa shape index (κ1) is 9.44. The van der Waals surface area contributed by atoms with Crippen LogP contribution < -0.4 is 0 Å². The molecule has 0 rings (SSSR count). The molecule has 0 aromatic rings. The third kappa shape index (κ3) is 7.44. The van der Waals surface area contributed by atoms with Crippen molar-refractivity contribution in [2.45, 2.75) is 26.9 Å². The summed E-state index contributed by atoms with van der Waals surface area (Å²) in [6.45, 7) is 5.97. The summed E-state index contributed by atoms with van der Waals surface area (Å²) in [4.78, 5) is 0. The Labute approximate surface area is 63.1 Å². The molecule has 0 bridgehead atoms. The first-order valence-corrected chi connectivity index (χ1v) is 3.66. The van der Waals surface area contributed by atoms with Crippen LogP contribution in [0.25, 0.3) is 0 Å². The summed E-state index contributed by atoms with van der Waals surface area (Å²) in [7, 11) is 0. The van der Waals surface area contributed by atoms with Gasteiger partial charge in [-0.2, -0.15) is 0 Å². The topological polar surface area (TPSA) is 20.2 Å². The molecule has 0 fully saturated rings. The van der Waals surface area contributed by atoms with Gasteiger partial charge in [0.25, 0.3) is 0 Å². The van der Waals surface area contributed by atoms with Gasteiger partial charge >= 0.3 is 0 Å². The largest absolute Gasteiger partial charge is 0.389 e. The lowest BCUT2D eigenvalue weighted by Crippen LogP contribution is -1.90. The van der Waals surface area contributed by atoms with E-state index >= 15 is 0 Å². The van der Waals surface area contributed by atoms with Crippen molar-refractivity contribution in [3.8, 4) is 0 Å². The standard InChI is InChI=1S/C9H16O/c1-8(2)6-4-5-7-9(3)10/h4-10H,1-3H3/b6-4+,7-5+. The van der Waals surface area contributed by atoms with Crippen molar-refractivity contribution in [1.29, 1.82) is 0 Å². The van der Waals surface area contributed by atoms with Crippen molar-refractivity contribution >= 4 is 0 Å². The van der Waals surface area contributed by atoms with Gasteiger partial charge in [0.15, 0.2) is 0 Å². The summed E-state index contributed by atoms with van der Waals surface area (Å²) in [5.41, 5.74) is 0. The summed E-state index contributed by atoms with van der Waals surface area (Å²) in [5, 5.41) is 8.80. The maximum Gasteiger partial charge on any atom is 0.0695 e. The Morgan fingerprint density at radius 1 is 1.00 bits per heavy atom. The molecule has 0 heterocycles. The molecule has 0 aliphatic heterocycles. The second-order valence-electron chi connectivity index (χ2n) is 2.75. The van der Waals surface area contributed by atoms with Crippen molar-refractivity contribution in [2.24, 2.45) is 5.92 Å². The molecule has 0 aliphatic rings. The van der Waals surface area contributed by atoms with E-state index in [0.29, 0.717) is 5.92 Å². The van der Waals surface area contributed by atoms with E-state index in [9.17, 15) is 0 Å². The van der Waals surface area contributed by atoms with E-state index < -0.39 is 0 Å². The Morgan fingerprint density at radius 3 is 1.90 bits per heavy atom. The van der Waals surface area contributed by atoms with Gasteiger partial charge in [-0.15, -0.1) is 0 Å². The predicted octanol–water partition coefficient (Wildman–Crippen LogP) is 2.14. The van der Waals surface area contributed by atoms with Crippen LogP contribution in [-0.4, -0.2) is 11.2 Å². The molecule has 0 saturated carbocycles. The zero-order chi connectivity index (χ0) is 7.98. The van der Waals surface area contributed by atoms with Crippen LogP contribution in [0, 0.1) is 5.92 Å². The number of hydrogen-bond donors (Lipinski definition) is 1. The average molecular weight is 140 g/mol. The maximum atomic E-state index is 8.80. The molecule has 0 aliphatic carbocycles. The summed E-state index contributed by atoms with van der Waals surface area (Å²) >= 11 is 0. The first-order chi connectivity index (χ1) is 4.63. The Morgan fingerprint density at radius 2 is 1.50 bits per heavy atom. The number of allylic oxidation sites excluding steroid dienone is 3. The van der Waals surface area contributed by atoms with Crippen LogP contribution in [0.3, 0.4) is 0 Å². The highest BCUT2D eigenvalue weighted by Crippen LogP contribution is 1.93. The predicted molar refractivity (Wildman–Crippen MR) is 44.8 cm³/mol. The van der Waals surface area contributed by atoms with Crippen LogP contribution in [0.2, 0.25) is 0 Å². The maximum absolute atomic E-state index is 8.80. The molecule has 10 heavy (non-hydrogen) atoms. The van der Waals surface area contributed by atoms with Crippen LogP contribution in [-0.2, 0) is 0 Å². The van der Waals surface area contributed by atoms with Gasteiger partial charge in [0.1, 0.15) is 0 Å². The van der Waals surface area contributed by atoms with Crippen molar-refractivity contribution in [3.05, 3.63) is 24.3 Å². The van der Waals surface area contributed by atoms with E-state index in [0.717, 1.165) is 0 Å². The van der Waals surface area contributed by atoms with E-state index in [1.807, 2.05) is 12.2 Å². The minimum atomic E-state index is -0.336. The van der Waals surface area contributed by atoms with Gasteiger partial charge in [0, 0.05) is 0 Å².